The molecule has 2 aromatic heterocycles. The molecule has 0 aromatic carbocycles. The molecule has 0 radical (unpaired) electrons. The van der Waals surface area contributed by atoms with Gasteiger partial charge < -0.3 is 5.32 Å². The lowest BCUT2D eigenvalue weighted by molar-refractivity contribution is 0.843. The van der Waals surface area contributed by atoms with E-state index in [1.54, 1.807) is 13.1 Å². The fourth-order valence-electron chi connectivity index (χ4n) is 1.46. The first kappa shape index (κ1) is 10.2. The second-order valence-electron chi connectivity index (χ2n) is 3.28. The normalized spacial score (nSPS) is 10.6. The summed E-state index contributed by atoms with van der Waals surface area (Å²) in [6, 6.07) is 0. The van der Waals surface area contributed by atoms with E-state index < -0.39 is 11.2 Å². The Morgan fingerprint density at radius 1 is 1.56 bits per heavy atom. The highest BCUT2D eigenvalue weighted by Gasteiger charge is 2.12. The molecule has 0 fully saturated rings. The summed E-state index contributed by atoms with van der Waals surface area (Å²) in [5.41, 5.74) is -0.220. The van der Waals surface area contributed by atoms with E-state index in [1.807, 2.05) is 0 Å². The Morgan fingerprint density at radius 3 is 3.00 bits per heavy atom. The number of aromatic amines is 2. The highest BCUT2D eigenvalue weighted by atomic mass is 16.2. The molecule has 2 heterocycles. The molecule has 2 rings (SSSR count). The van der Waals surface area contributed by atoms with Gasteiger partial charge in [0, 0.05) is 13.6 Å². The lowest BCUT2D eigenvalue weighted by Crippen LogP contribution is -2.28. The van der Waals surface area contributed by atoms with Gasteiger partial charge in [-0.2, -0.15) is 5.10 Å². The van der Waals surface area contributed by atoms with Crippen LogP contribution in [0.25, 0.3) is 11.0 Å². The van der Waals surface area contributed by atoms with Crippen LogP contribution < -0.4 is 16.6 Å². The average Bonchev–Trinajstić information content (AvgIpc) is 2.67. The zero-order chi connectivity index (χ0) is 11.7. The number of hydrogen-bond acceptors (Lipinski definition) is 4. The minimum absolute atomic E-state index is 0.272. The van der Waals surface area contributed by atoms with Crippen molar-refractivity contribution in [2.75, 3.05) is 11.9 Å². The Labute approximate surface area is 89.8 Å². The number of anilines is 1. The van der Waals surface area contributed by atoms with Crippen molar-refractivity contribution in [1.29, 1.82) is 0 Å². The number of hydrogen-bond donors (Lipinski definition) is 3. The Kier molecular flexibility index (Phi) is 2.35. The van der Waals surface area contributed by atoms with Gasteiger partial charge in [-0.1, -0.05) is 6.08 Å². The van der Waals surface area contributed by atoms with Gasteiger partial charge >= 0.3 is 5.69 Å². The molecule has 0 amide bonds. The summed E-state index contributed by atoms with van der Waals surface area (Å²) in [7, 11) is 1.56. The van der Waals surface area contributed by atoms with E-state index in [2.05, 4.69) is 27.1 Å². The molecule has 3 N–H and O–H groups in total. The molecule has 0 unspecified atom stereocenters. The van der Waals surface area contributed by atoms with Crippen LogP contribution >= 0.6 is 0 Å². The van der Waals surface area contributed by atoms with Crippen LogP contribution in [0.4, 0.5) is 5.82 Å². The maximum atomic E-state index is 11.5. The van der Waals surface area contributed by atoms with E-state index in [9.17, 15) is 9.59 Å². The fourth-order valence-corrected chi connectivity index (χ4v) is 1.46. The number of rotatable bonds is 3. The average molecular weight is 221 g/mol. The fraction of sp³-hybridized carbons (Fsp3) is 0.222. The lowest BCUT2D eigenvalue weighted by atomic mass is 10.4. The molecule has 0 aliphatic heterocycles. The molecule has 16 heavy (non-hydrogen) atoms. The van der Waals surface area contributed by atoms with Crippen LogP contribution in [0, 0.1) is 0 Å². The molecule has 0 atom stereocenters. The number of aryl methyl sites for hydroxylation is 1. The van der Waals surface area contributed by atoms with Crippen molar-refractivity contribution in [2.45, 2.75) is 0 Å². The predicted octanol–water partition coefficient (Wildman–Crippen LogP) is -0.452. The largest absolute Gasteiger partial charge is 0.363 e. The van der Waals surface area contributed by atoms with Crippen LogP contribution in [0.2, 0.25) is 0 Å². The molecule has 0 saturated carbocycles. The van der Waals surface area contributed by atoms with Crippen molar-refractivity contribution in [3.8, 4) is 0 Å². The SMILES string of the molecule is C=CCNc1n[nH]c2c(=O)[nH]c(=O)n(C)c12. The summed E-state index contributed by atoms with van der Waals surface area (Å²) < 4.78 is 1.33. The third-order valence-electron chi connectivity index (χ3n) is 2.24. The highest BCUT2D eigenvalue weighted by molar-refractivity contribution is 5.85. The number of aromatic nitrogens is 4. The molecule has 0 bridgehead atoms. The minimum Gasteiger partial charge on any atom is -0.363 e. The highest BCUT2D eigenvalue weighted by Crippen LogP contribution is 2.14. The van der Waals surface area contributed by atoms with Crippen molar-refractivity contribution in [1.82, 2.24) is 19.7 Å². The number of fused-ring (bicyclic) bond motifs is 1. The van der Waals surface area contributed by atoms with Crippen LogP contribution in [0.15, 0.2) is 22.2 Å². The van der Waals surface area contributed by atoms with Crippen molar-refractivity contribution in [2.24, 2.45) is 7.05 Å². The van der Waals surface area contributed by atoms with Gasteiger partial charge in [-0.05, 0) is 0 Å². The van der Waals surface area contributed by atoms with Crippen molar-refractivity contribution < 1.29 is 0 Å². The van der Waals surface area contributed by atoms with E-state index in [4.69, 9.17) is 0 Å². The second-order valence-corrected chi connectivity index (χ2v) is 3.28. The van der Waals surface area contributed by atoms with Gasteiger partial charge in [-0.15, -0.1) is 6.58 Å². The van der Waals surface area contributed by atoms with Gasteiger partial charge in [0.25, 0.3) is 5.56 Å². The number of nitrogens with zero attached hydrogens (tertiary/aromatic N) is 2. The zero-order valence-corrected chi connectivity index (χ0v) is 8.70. The Bertz CT molecular complexity index is 648. The minimum atomic E-state index is -0.475. The molecule has 0 saturated heterocycles. The van der Waals surface area contributed by atoms with Gasteiger partial charge in [0.2, 0.25) is 0 Å². The first-order chi connectivity index (χ1) is 7.65. The maximum Gasteiger partial charge on any atom is 0.328 e. The van der Waals surface area contributed by atoms with E-state index in [0.29, 0.717) is 17.9 Å². The Hall–Kier alpha value is -2.31. The summed E-state index contributed by atoms with van der Waals surface area (Å²) >= 11 is 0. The quantitative estimate of drug-likeness (QED) is 0.611. The molecule has 0 aliphatic rings. The van der Waals surface area contributed by atoms with E-state index in [-0.39, 0.29) is 5.52 Å². The topological polar surface area (TPSA) is 95.6 Å². The maximum absolute atomic E-state index is 11.5. The van der Waals surface area contributed by atoms with Crippen molar-refractivity contribution in [3.05, 3.63) is 33.5 Å². The molecule has 7 nitrogen and oxygen atoms in total. The van der Waals surface area contributed by atoms with Gasteiger partial charge in [-0.25, -0.2) is 4.79 Å². The molecular formula is C9H11N5O2. The smallest absolute Gasteiger partial charge is 0.328 e. The van der Waals surface area contributed by atoms with Crippen LogP contribution in [0.3, 0.4) is 0 Å². The van der Waals surface area contributed by atoms with Crippen molar-refractivity contribution >= 4 is 16.9 Å². The number of nitrogens with one attached hydrogen (secondary N) is 3. The van der Waals surface area contributed by atoms with Gasteiger partial charge in [0.1, 0.15) is 11.0 Å². The molecule has 84 valence electrons. The molecule has 2 aromatic rings. The monoisotopic (exact) mass is 221 g/mol. The summed E-state index contributed by atoms with van der Waals surface area (Å²) in [5.74, 6) is 0.459. The molecular weight excluding hydrogens is 210 g/mol. The lowest BCUT2D eigenvalue weighted by Gasteiger charge is -2.02. The molecule has 0 aliphatic carbocycles. The van der Waals surface area contributed by atoms with Crippen molar-refractivity contribution in [3.63, 3.8) is 0 Å². The van der Waals surface area contributed by atoms with E-state index in [0.717, 1.165) is 0 Å². The first-order valence-electron chi connectivity index (χ1n) is 4.67. The zero-order valence-electron chi connectivity index (χ0n) is 8.70. The summed E-state index contributed by atoms with van der Waals surface area (Å²) in [5, 5.41) is 9.45. The summed E-state index contributed by atoms with van der Waals surface area (Å²) in [6.45, 7) is 4.06. The number of H-pyrrole nitrogens is 2. The molecule has 0 spiro atoms. The van der Waals surface area contributed by atoms with Crippen LogP contribution in [-0.4, -0.2) is 26.3 Å². The summed E-state index contributed by atoms with van der Waals surface area (Å²) in [4.78, 5) is 25.0. The van der Waals surface area contributed by atoms with E-state index in [1.165, 1.54) is 4.57 Å². The second kappa shape index (κ2) is 3.69. The van der Waals surface area contributed by atoms with Gasteiger partial charge in [0.15, 0.2) is 5.82 Å². The van der Waals surface area contributed by atoms with Crippen LogP contribution in [0.1, 0.15) is 0 Å². The molecule has 7 heteroatoms. The van der Waals surface area contributed by atoms with Crippen LogP contribution in [-0.2, 0) is 7.05 Å². The van der Waals surface area contributed by atoms with Gasteiger partial charge in [0.05, 0.1) is 0 Å². The Balaban J connectivity index is 2.74. The van der Waals surface area contributed by atoms with Crippen LogP contribution in [0.5, 0.6) is 0 Å². The first-order valence-corrected chi connectivity index (χ1v) is 4.67. The van der Waals surface area contributed by atoms with E-state index >= 15 is 0 Å². The predicted molar refractivity (Wildman–Crippen MR) is 60.6 cm³/mol. The van der Waals surface area contributed by atoms with Gasteiger partial charge in [-0.3, -0.25) is 19.4 Å². The third kappa shape index (κ3) is 1.42. The Morgan fingerprint density at radius 2 is 2.31 bits per heavy atom. The summed E-state index contributed by atoms with van der Waals surface area (Å²) in [6.07, 6.45) is 1.66. The third-order valence-corrected chi connectivity index (χ3v) is 2.24. The standard InChI is InChI=1S/C9H11N5O2/c1-3-4-10-7-6-5(12-13-7)8(15)11-9(16)14(6)2/h3H,1,4H2,2H3,(H2,10,12,13)(H,11,15,16).